The van der Waals surface area contributed by atoms with Gasteiger partial charge in [0.2, 0.25) is 8.32 Å². The van der Waals surface area contributed by atoms with Crippen molar-refractivity contribution in [2.75, 3.05) is 13.2 Å². The zero-order valence-electron chi connectivity index (χ0n) is 9.63. The van der Waals surface area contributed by atoms with Crippen molar-refractivity contribution in [3.63, 3.8) is 0 Å². The van der Waals surface area contributed by atoms with Gasteiger partial charge in [-0.05, 0) is 19.6 Å². The van der Waals surface area contributed by atoms with E-state index < -0.39 is 36.7 Å². The van der Waals surface area contributed by atoms with E-state index in [9.17, 15) is 12.6 Å². The molecule has 0 amide bonds. The molecule has 1 N–H and O–H groups in total. The lowest BCUT2D eigenvalue weighted by Crippen LogP contribution is -2.30. The molecule has 0 bridgehead atoms. The van der Waals surface area contributed by atoms with Gasteiger partial charge < -0.3 is 0 Å². The molecule has 0 saturated heterocycles. The first-order valence-electron chi connectivity index (χ1n) is 4.42. The van der Waals surface area contributed by atoms with Gasteiger partial charge >= 0.3 is 21.8 Å². The van der Waals surface area contributed by atoms with E-state index in [0.29, 0.717) is 0 Å². The van der Waals surface area contributed by atoms with Gasteiger partial charge in [0.15, 0.2) is 0 Å². The van der Waals surface area contributed by atoms with Crippen LogP contribution < -0.4 is 0 Å². The quantitative estimate of drug-likeness (QED) is 0.426. The van der Waals surface area contributed by atoms with E-state index in [1.54, 1.807) is 19.6 Å². The maximum atomic E-state index is 11.2. The Morgan fingerprint density at radius 1 is 1.24 bits per heavy atom. The van der Waals surface area contributed by atoms with Crippen LogP contribution in [0.3, 0.4) is 0 Å². The molecule has 0 aromatic carbocycles. The predicted molar refractivity (Wildman–Crippen MR) is 63.8 cm³/mol. The van der Waals surface area contributed by atoms with E-state index in [4.69, 9.17) is 8.42 Å². The monoisotopic (exact) mass is 302 g/mol. The maximum absolute atomic E-state index is 11.2. The molecule has 1 unspecified atom stereocenters. The van der Waals surface area contributed by atoms with E-state index in [1.807, 2.05) is 0 Å². The van der Waals surface area contributed by atoms with Crippen molar-refractivity contribution in [3.8, 4) is 11.8 Å². The molecule has 0 fully saturated rings. The summed E-state index contributed by atoms with van der Waals surface area (Å²) < 4.78 is 54.0. The number of hydrogen-bond donors (Lipinski definition) is 1. The highest BCUT2D eigenvalue weighted by Crippen LogP contribution is 2.08. The third-order valence-corrected chi connectivity index (χ3v) is 4.53. The summed E-state index contributed by atoms with van der Waals surface area (Å²) in [5.41, 5.74) is 0. The van der Waals surface area contributed by atoms with Crippen molar-refractivity contribution in [1.82, 2.24) is 0 Å². The summed E-state index contributed by atoms with van der Waals surface area (Å²) in [6, 6.07) is 0. The average Bonchev–Trinajstić information content (AvgIpc) is 2.06. The Bertz CT molecular complexity index is 414. The van der Waals surface area contributed by atoms with Gasteiger partial charge in [-0.25, -0.2) is 4.18 Å². The molecule has 17 heavy (non-hydrogen) atoms. The Hall–Kier alpha value is -0.283. The maximum Gasteiger partial charge on any atom is 0.391 e. The van der Waals surface area contributed by atoms with Gasteiger partial charge in [0.25, 0.3) is 0 Å². The van der Waals surface area contributed by atoms with Crippen LogP contribution in [0.2, 0.25) is 19.6 Å². The fourth-order valence-corrected chi connectivity index (χ4v) is 3.62. The van der Waals surface area contributed by atoms with Crippen molar-refractivity contribution in [2.45, 2.75) is 19.6 Å². The highest BCUT2D eigenvalue weighted by atomic mass is 32.3. The van der Waals surface area contributed by atoms with Crippen molar-refractivity contribution in [1.29, 1.82) is 0 Å². The second-order valence-electron chi connectivity index (χ2n) is 3.70. The van der Waals surface area contributed by atoms with Crippen molar-refractivity contribution >= 4 is 30.1 Å². The topological polar surface area (TPSA) is 99.1 Å². The summed E-state index contributed by atoms with van der Waals surface area (Å²) in [5, 5.41) is 0. The summed E-state index contributed by atoms with van der Waals surface area (Å²) in [6.07, 6.45) is 0. The molecular formula is C7H14O7S2Si. The van der Waals surface area contributed by atoms with Crippen molar-refractivity contribution in [3.05, 3.63) is 0 Å². The molecular weight excluding hydrogens is 288 g/mol. The largest absolute Gasteiger partial charge is 0.391 e. The van der Waals surface area contributed by atoms with Crippen LogP contribution in [0.4, 0.5) is 0 Å². The van der Waals surface area contributed by atoms with Gasteiger partial charge in [0, 0.05) is 0 Å². The normalized spacial score (nSPS) is 13.9. The molecule has 0 aliphatic carbocycles. The molecule has 0 aliphatic rings. The minimum Gasteiger partial charge on any atom is -0.294 e. The standard InChI is InChI=1S/C7H14O7S2Si/c1-17(2,3)14-16(10,11)13-7-5-4-6-12-15(8)9/h6-7H2,1-3H3,(H,8,9). The van der Waals surface area contributed by atoms with Gasteiger partial charge in [0.05, 0.1) is 0 Å². The van der Waals surface area contributed by atoms with E-state index in [2.05, 4.69) is 20.2 Å². The summed E-state index contributed by atoms with van der Waals surface area (Å²) in [7, 11) is -6.28. The Morgan fingerprint density at radius 2 is 1.76 bits per heavy atom. The molecule has 7 nitrogen and oxygen atoms in total. The molecule has 0 radical (unpaired) electrons. The van der Waals surface area contributed by atoms with E-state index in [-0.39, 0.29) is 6.61 Å². The van der Waals surface area contributed by atoms with Gasteiger partial charge in [0.1, 0.15) is 13.2 Å². The van der Waals surface area contributed by atoms with Crippen LogP contribution in [0.1, 0.15) is 0 Å². The van der Waals surface area contributed by atoms with Crippen LogP contribution >= 0.6 is 0 Å². The first-order valence-corrected chi connectivity index (χ1v) is 10.2. The second kappa shape index (κ2) is 7.22. The molecule has 0 heterocycles. The summed E-state index contributed by atoms with van der Waals surface area (Å²) >= 11 is -2.38. The van der Waals surface area contributed by atoms with Crippen molar-refractivity contribution in [2.24, 2.45) is 0 Å². The zero-order chi connectivity index (χ0) is 13.5. The second-order valence-corrected chi connectivity index (χ2v) is 10.3. The summed E-state index contributed by atoms with van der Waals surface area (Å²) in [6.45, 7) is 4.41. The highest BCUT2D eigenvalue weighted by Gasteiger charge is 2.24. The van der Waals surface area contributed by atoms with Crippen LogP contribution in [-0.2, 0) is 34.0 Å². The third-order valence-electron chi connectivity index (χ3n) is 0.984. The molecule has 0 aromatic heterocycles. The molecule has 0 aliphatic heterocycles. The molecule has 10 heteroatoms. The van der Waals surface area contributed by atoms with E-state index in [1.165, 1.54) is 0 Å². The average molecular weight is 302 g/mol. The van der Waals surface area contributed by atoms with Crippen LogP contribution in [-0.4, -0.2) is 38.7 Å². The minimum atomic E-state index is -4.03. The number of rotatable bonds is 6. The lowest BCUT2D eigenvalue weighted by Gasteiger charge is -2.15. The van der Waals surface area contributed by atoms with Gasteiger partial charge in [-0.1, -0.05) is 11.8 Å². The fourth-order valence-electron chi connectivity index (χ4n) is 0.614. The zero-order valence-corrected chi connectivity index (χ0v) is 12.3. The smallest absolute Gasteiger partial charge is 0.294 e. The number of hydrogen-bond acceptors (Lipinski definition) is 6. The molecule has 0 aromatic rings. The van der Waals surface area contributed by atoms with Gasteiger partial charge in [-0.2, -0.15) is 12.6 Å². The molecule has 100 valence electrons. The van der Waals surface area contributed by atoms with Crippen molar-refractivity contribution < 1.29 is 29.4 Å². The molecule has 0 rings (SSSR count). The fraction of sp³-hybridized carbons (Fsp3) is 0.714. The SMILES string of the molecule is C[Si](C)(C)OS(=O)(=O)OCC#CCOS(=O)O. The van der Waals surface area contributed by atoms with Crippen LogP contribution in [0.25, 0.3) is 0 Å². The Kier molecular flexibility index (Phi) is 7.10. The van der Waals surface area contributed by atoms with Crippen LogP contribution in [0.15, 0.2) is 0 Å². The van der Waals surface area contributed by atoms with Crippen LogP contribution in [0.5, 0.6) is 0 Å². The summed E-state index contributed by atoms with van der Waals surface area (Å²) in [4.78, 5) is 0. The van der Waals surface area contributed by atoms with Gasteiger partial charge in [-0.3, -0.25) is 12.6 Å². The third kappa shape index (κ3) is 12.0. The Labute approximate surface area is 104 Å². The highest BCUT2D eigenvalue weighted by molar-refractivity contribution is 7.83. The molecule has 1 atom stereocenters. The lowest BCUT2D eigenvalue weighted by molar-refractivity contribution is 0.303. The van der Waals surface area contributed by atoms with Gasteiger partial charge in [-0.15, -0.1) is 0 Å². The Balaban J connectivity index is 4.00. The van der Waals surface area contributed by atoms with E-state index in [0.717, 1.165) is 0 Å². The summed E-state index contributed by atoms with van der Waals surface area (Å²) in [5.74, 6) is 4.59. The van der Waals surface area contributed by atoms with E-state index >= 15 is 0 Å². The molecule has 0 saturated carbocycles. The first-order chi connectivity index (χ1) is 7.62. The first kappa shape index (κ1) is 16.7. The lowest BCUT2D eigenvalue weighted by atomic mass is 10.6. The minimum absolute atomic E-state index is 0.290. The predicted octanol–water partition coefficient (Wildman–Crippen LogP) is 0.256. The molecule has 0 spiro atoms. The van der Waals surface area contributed by atoms with Crippen LogP contribution in [0, 0.1) is 11.8 Å². The Morgan fingerprint density at radius 3 is 2.24 bits per heavy atom.